The maximum Gasteiger partial charge on any atom is 0.161 e. The van der Waals surface area contributed by atoms with Crippen LogP contribution in [-0.4, -0.2) is 21.5 Å². The SMILES string of the molecule is C[C@@H]1O[C@@H](S(=O)c2ccccc2)CCC1=O. The summed E-state index contributed by atoms with van der Waals surface area (Å²) in [7, 11) is -1.18. The van der Waals surface area contributed by atoms with Gasteiger partial charge in [0.05, 0.1) is 10.8 Å². The molecule has 1 aromatic rings. The van der Waals surface area contributed by atoms with Crippen LogP contribution in [0.2, 0.25) is 0 Å². The van der Waals surface area contributed by atoms with Crippen molar-refractivity contribution in [1.82, 2.24) is 0 Å². The molecule has 0 aliphatic carbocycles. The first-order chi connectivity index (χ1) is 7.68. The summed E-state index contributed by atoms with van der Waals surface area (Å²) in [4.78, 5) is 12.0. The van der Waals surface area contributed by atoms with Crippen molar-refractivity contribution < 1.29 is 13.7 Å². The van der Waals surface area contributed by atoms with Crippen LogP contribution >= 0.6 is 0 Å². The summed E-state index contributed by atoms with van der Waals surface area (Å²) in [5.41, 5.74) is -0.352. The van der Waals surface area contributed by atoms with E-state index in [1.54, 1.807) is 6.92 Å². The lowest BCUT2D eigenvalue weighted by Crippen LogP contribution is -2.35. The number of carbonyl (C=O) groups is 1. The Bertz CT molecular complexity index is 402. The maximum absolute atomic E-state index is 12.1. The molecular weight excluding hydrogens is 224 g/mol. The number of Topliss-reactive ketones (excluding diaryl/α,β-unsaturated/α-hetero) is 1. The first-order valence-electron chi connectivity index (χ1n) is 5.32. The van der Waals surface area contributed by atoms with E-state index < -0.39 is 16.9 Å². The molecule has 0 N–H and O–H groups in total. The normalized spacial score (nSPS) is 27.7. The summed E-state index contributed by atoms with van der Waals surface area (Å²) in [5, 5.41) is 0. The van der Waals surface area contributed by atoms with Gasteiger partial charge in [-0.25, -0.2) is 0 Å². The fraction of sp³-hybridized carbons (Fsp3) is 0.417. The molecule has 2 rings (SSSR count). The third kappa shape index (κ3) is 2.39. The lowest BCUT2D eigenvalue weighted by atomic mass is 10.1. The summed E-state index contributed by atoms with van der Waals surface area (Å²) in [5.74, 6) is 0.0984. The van der Waals surface area contributed by atoms with Crippen LogP contribution < -0.4 is 0 Å². The Balaban J connectivity index is 2.09. The first kappa shape index (κ1) is 11.5. The van der Waals surface area contributed by atoms with Crippen LogP contribution in [0.1, 0.15) is 19.8 Å². The van der Waals surface area contributed by atoms with Crippen molar-refractivity contribution in [2.45, 2.75) is 36.2 Å². The highest BCUT2D eigenvalue weighted by molar-refractivity contribution is 7.85. The summed E-state index contributed by atoms with van der Waals surface area (Å²) in [6.07, 6.45) is 0.584. The minimum absolute atomic E-state index is 0.0984. The molecule has 1 saturated heterocycles. The Hall–Kier alpha value is -1.00. The van der Waals surface area contributed by atoms with Gasteiger partial charge in [0, 0.05) is 11.3 Å². The van der Waals surface area contributed by atoms with Crippen LogP contribution in [0, 0.1) is 0 Å². The van der Waals surface area contributed by atoms with Crippen molar-refractivity contribution >= 4 is 16.6 Å². The highest BCUT2D eigenvalue weighted by Crippen LogP contribution is 2.22. The molecule has 1 aliphatic heterocycles. The molecule has 1 fully saturated rings. The second kappa shape index (κ2) is 4.89. The van der Waals surface area contributed by atoms with Gasteiger partial charge >= 0.3 is 0 Å². The highest BCUT2D eigenvalue weighted by atomic mass is 32.2. The van der Waals surface area contributed by atoms with E-state index in [1.807, 2.05) is 30.3 Å². The van der Waals surface area contributed by atoms with Gasteiger partial charge in [-0.15, -0.1) is 0 Å². The zero-order valence-electron chi connectivity index (χ0n) is 9.09. The van der Waals surface area contributed by atoms with Gasteiger partial charge in [-0.3, -0.25) is 9.00 Å². The number of carbonyl (C=O) groups excluding carboxylic acids is 1. The van der Waals surface area contributed by atoms with Crippen molar-refractivity contribution in [2.75, 3.05) is 0 Å². The van der Waals surface area contributed by atoms with E-state index in [1.165, 1.54) is 0 Å². The molecular formula is C12H14O3S. The summed E-state index contributed by atoms with van der Waals surface area (Å²) in [6.45, 7) is 1.72. The molecule has 0 radical (unpaired) electrons. The summed E-state index contributed by atoms with van der Waals surface area (Å²) >= 11 is 0. The molecule has 0 aromatic heterocycles. The average Bonchev–Trinajstić information content (AvgIpc) is 2.33. The Morgan fingerprint density at radius 3 is 2.62 bits per heavy atom. The van der Waals surface area contributed by atoms with Gasteiger partial charge in [0.2, 0.25) is 0 Å². The molecule has 4 heteroatoms. The maximum atomic E-state index is 12.1. The molecule has 1 aromatic carbocycles. The molecule has 0 spiro atoms. The third-order valence-electron chi connectivity index (χ3n) is 2.65. The average molecular weight is 238 g/mol. The Labute approximate surface area is 97.3 Å². The minimum atomic E-state index is -1.18. The minimum Gasteiger partial charge on any atom is -0.354 e. The third-order valence-corrected chi connectivity index (χ3v) is 4.21. The fourth-order valence-electron chi connectivity index (χ4n) is 1.70. The van der Waals surface area contributed by atoms with Gasteiger partial charge in [0.1, 0.15) is 11.5 Å². The van der Waals surface area contributed by atoms with Gasteiger partial charge in [-0.2, -0.15) is 0 Å². The molecule has 0 saturated carbocycles. The van der Waals surface area contributed by atoms with Crippen LogP contribution in [0.15, 0.2) is 35.2 Å². The number of rotatable bonds is 2. The standard InChI is InChI=1S/C12H14O3S/c1-9-11(13)7-8-12(15-9)16(14)10-5-3-2-4-6-10/h2-6,9,12H,7-8H2,1H3/t9-,12-,16?/m0/s1. The second-order valence-electron chi connectivity index (χ2n) is 3.82. The van der Waals surface area contributed by atoms with Gasteiger partial charge in [0.15, 0.2) is 5.78 Å². The van der Waals surface area contributed by atoms with Gasteiger partial charge < -0.3 is 4.74 Å². The zero-order chi connectivity index (χ0) is 11.5. The van der Waals surface area contributed by atoms with Crippen molar-refractivity contribution in [3.05, 3.63) is 30.3 Å². The van der Waals surface area contributed by atoms with Gasteiger partial charge in [0.25, 0.3) is 0 Å². The van der Waals surface area contributed by atoms with Crippen LogP contribution in [-0.2, 0) is 20.3 Å². The van der Waals surface area contributed by atoms with Gasteiger partial charge in [-0.05, 0) is 25.5 Å². The van der Waals surface area contributed by atoms with E-state index in [4.69, 9.17) is 4.74 Å². The lowest BCUT2D eigenvalue weighted by Gasteiger charge is -2.26. The van der Waals surface area contributed by atoms with E-state index in [0.717, 1.165) is 4.90 Å². The molecule has 86 valence electrons. The highest BCUT2D eigenvalue weighted by Gasteiger charge is 2.30. The molecule has 0 bridgehead atoms. The quantitative estimate of drug-likeness (QED) is 0.790. The summed E-state index contributed by atoms with van der Waals surface area (Å²) in [6, 6.07) is 9.23. The summed E-state index contributed by atoms with van der Waals surface area (Å²) < 4.78 is 17.6. The van der Waals surface area contributed by atoms with Crippen LogP contribution in [0.5, 0.6) is 0 Å². The number of hydrogen-bond acceptors (Lipinski definition) is 3. The second-order valence-corrected chi connectivity index (χ2v) is 5.42. The van der Waals surface area contributed by atoms with Crippen LogP contribution in [0.25, 0.3) is 0 Å². The van der Waals surface area contributed by atoms with Gasteiger partial charge in [-0.1, -0.05) is 18.2 Å². The Morgan fingerprint density at radius 1 is 1.31 bits per heavy atom. The molecule has 0 amide bonds. The van der Waals surface area contributed by atoms with Crippen LogP contribution in [0.4, 0.5) is 0 Å². The smallest absolute Gasteiger partial charge is 0.161 e. The monoisotopic (exact) mass is 238 g/mol. The van der Waals surface area contributed by atoms with Crippen molar-refractivity contribution in [3.8, 4) is 0 Å². The van der Waals surface area contributed by atoms with Crippen LogP contribution in [0.3, 0.4) is 0 Å². The van der Waals surface area contributed by atoms with E-state index >= 15 is 0 Å². The van der Waals surface area contributed by atoms with Crippen molar-refractivity contribution in [3.63, 3.8) is 0 Å². The largest absolute Gasteiger partial charge is 0.354 e. The van der Waals surface area contributed by atoms with Crippen molar-refractivity contribution in [1.29, 1.82) is 0 Å². The molecule has 3 atom stereocenters. The zero-order valence-corrected chi connectivity index (χ0v) is 9.91. The lowest BCUT2D eigenvalue weighted by molar-refractivity contribution is -0.135. The molecule has 1 aliphatic rings. The Morgan fingerprint density at radius 2 is 2.00 bits per heavy atom. The topological polar surface area (TPSA) is 43.4 Å². The molecule has 1 unspecified atom stereocenters. The van der Waals surface area contributed by atoms with E-state index in [0.29, 0.717) is 12.8 Å². The molecule has 1 heterocycles. The molecule has 3 nitrogen and oxygen atoms in total. The number of hydrogen-bond donors (Lipinski definition) is 0. The van der Waals surface area contributed by atoms with E-state index in [-0.39, 0.29) is 11.2 Å². The predicted molar refractivity (Wildman–Crippen MR) is 61.4 cm³/mol. The number of ketones is 1. The van der Waals surface area contributed by atoms with Crippen molar-refractivity contribution in [2.24, 2.45) is 0 Å². The van der Waals surface area contributed by atoms with E-state index in [2.05, 4.69) is 0 Å². The predicted octanol–water partition coefficient (Wildman–Crippen LogP) is 1.89. The first-order valence-corrected chi connectivity index (χ1v) is 6.53. The van der Waals surface area contributed by atoms with E-state index in [9.17, 15) is 9.00 Å². The Kier molecular flexibility index (Phi) is 3.51. The number of ether oxygens (including phenoxy) is 1. The molecule has 16 heavy (non-hydrogen) atoms. The number of benzene rings is 1. The fourth-order valence-corrected chi connectivity index (χ4v) is 3.03.